The van der Waals surface area contributed by atoms with Crippen molar-refractivity contribution in [1.29, 1.82) is 0 Å². The molecule has 6 nitrogen and oxygen atoms in total. The van der Waals surface area contributed by atoms with Gasteiger partial charge in [0.1, 0.15) is 0 Å². The largest absolute Gasteiger partial charge is 0.370 e. The van der Waals surface area contributed by atoms with Crippen LogP contribution in [-0.2, 0) is 4.79 Å². The number of primary amides is 1. The van der Waals surface area contributed by atoms with E-state index in [0.717, 1.165) is 36.2 Å². The molecule has 1 atom stereocenters. The topological polar surface area (TPSA) is 89.2 Å². The van der Waals surface area contributed by atoms with Crippen molar-refractivity contribution < 1.29 is 9.59 Å². The molecule has 1 aromatic heterocycles. The van der Waals surface area contributed by atoms with E-state index in [1.807, 2.05) is 19.9 Å². The maximum absolute atomic E-state index is 12.9. The summed E-state index contributed by atoms with van der Waals surface area (Å²) in [6, 6.07) is 5.29. The van der Waals surface area contributed by atoms with Gasteiger partial charge in [0, 0.05) is 24.6 Å². The van der Waals surface area contributed by atoms with Gasteiger partial charge in [0.25, 0.3) is 5.91 Å². The number of nitrogens with two attached hydrogens (primary N) is 1. The molecule has 3 rings (SSSR count). The number of nitrogens with zero attached hydrogens (tertiary/aromatic N) is 3. The van der Waals surface area contributed by atoms with E-state index in [2.05, 4.69) is 9.97 Å². The second-order valence-corrected chi connectivity index (χ2v) is 6.42. The summed E-state index contributed by atoms with van der Waals surface area (Å²) in [5.41, 5.74) is 9.16. The fourth-order valence-electron chi connectivity index (χ4n) is 3.24. The smallest absolute Gasteiger partial charge is 0.254 e. The maximum atomic E-state index is 12.9. The summed E-state index contributed by atoms with van der Waals surface area (Å²) >= 11 is 0. The van der Waals surface area contributed by atoms with Crippen LogP contribution < -0.4 is 5.73 Å². The Bertz CT molecular complexity index is 803. The minimum atomic E-state index is -0.366. The van der Waals surface area contributed by atoms with Gasteiger partial charge in [0.2, 0.25) is 5.91 Å². The minimum Gasteiger partial charge on any atom is -0.370 e. The van der Waals surface area contributed by atoms with E-state index in [1.54, 1.807) is 17.0 Å². The first-order valence-corrected chi connectivity index (χ1v) is 8.30. The van der Waals surface area contributed by atoms with Gasteiger partial charge >= 0.3 is 0 Å². The Morgan fingerprint density at radius 1 is 1.17 bits per heavy atom. The number of aromatic nitrogens is 2. The molecule has 1 fully saturated rings. The highest BCUT2D eigenvalue weighted by Gasteiger charge is 2.28. The zero-order valence-electron chi connectivity index (χ0n) is 14.1. The quantitative estimate of drug-likeness (QED) is 0.935. The van der Waals surface area contributed by atoms with E-state index in [1.165, 1.54) is 0 Å². The molecule has 0 unspecified atom stereocenters. The summed E-state index contributed by atoms with van der Waals surface area (Å²) < 4.78 is 0. The Hall–Kier alpha value is -2.50. The lowest BCUT2D eigenvalue weighted by molar-refractivity contribution is -0.119. The van der Waals surface area contributed by atoms with Crippen LogP contribution in [0.1, 0.15) is 47.4 Å². The summed E-state index contributed by atoms with van der Waals surface area (Å²) in [5.74, 6) is -0.432. The number of aryl methyl sites for hydroxylation is 2. The van der Waals surface area contributed by atoms with Crippen LogP contribution in [0, 0.1) is 13.8 Å². The first-order valence-electron chi connectivity index (χ1n) is 8.30. The molecule has 0 aliphatic carbocycles. The van der Waals surface area contributed by atoms with Crippen LogP contribution in [0.15, 0.2) is 18.2 Å². The van der Waals surface area contributed by atoms with Crippen molar-refractivity contribution in [3.63, 3.8) is 0 Å². The van der Waals surface area contributed by atoms with Crippen LogP contribution in [0.2, 0.25) is 0 Å². The van der Waals surface area contributed by atoms with Crippen LogP contribution in [0.3, 0.4) is 0 Å². The highest BCUT2D eigenvalue weighted by atomic mass is 16.2. The Kier molecular flexibility index (Phi) is 4.46. The number of carbonyl (C=O) groups is 2. The Morgan fingerprint density at radius 3 is 2.58 bits per heavy atom. The van der Waals surface area contributed by atoms with Gasteiger partial charge in [-0.15, -0.1) is 0 Å². The number of piperidine rings is 1. The number of hydrogen-bond donors (Lipinski definition) is 1. The predicted molar refractivity (Wildman–Crippen MR) is 91.5 cm³/mol. The average molecular weight is 326 g/mol. The van der Waals surface area contributed by atoms with Crippen molar-refractivity contribution in [2.75, 3.05) is 6.54 Å². The van der Waals surface area contributed by atoms with Crippen molar-refractivity contribution in [2.45, 2.75) is 45.6 Å². The average Bonchev–Trinajstić information content (AvgIpc) is 2.55. The van der Waals surface area contributed by atoms with Crippen LogP contribution in [0.4, 0.5) is 0 Å². The number of amides is 2. The van der Waals surface area contributed by atoms with E-state index in [0.29, 0.717) is 17.6 Å². The van der Waals surface area contributed by atoms with Gasteiger partial charge in [0.15, 0.2) is 0 Å². The summed E-state index contributed by atoms with van der Waals surface area (Å²) in [6.07, 6.45) is 3.01. The van der Waals surface area contributed by atoms with Crippen LogP contribution in [0.25, 0.3) is 11.0 Å². The fraction of sp³-hybridized carbons (Fsp3) is 0.444. The van der Waals surface area contributed by atoms with E-state index < -0.39 is 0 Å². The lowest BCUT2D eigenvalue weighted by Gasteiger charge is -2.35. The van der Waals surface area contributed by atoms with E-state index in [4.69, 9.17) is 5.73 Å². The number of fused-ring (bicyclic) bond motifs is 1. The molecule has 2 heterocycles. The van der Waals surface area contributed by atoms with Gasteiger partial charge in [-0.1, -0.05) is 0 Å². The first-order chi connectivity index (χ1) is 11.5. The van der Waals surface area contributed by atoms with Gasteiger partial charge in [-0.05, 0) is 51.3 Å². The third-order valence-corrected chi connectivity index (χ3v) is 4.65. The third kappa shape index (κ3) is 3.22. The van der Waals surface area contributed by atoms with E-state index >= 15 is 0 Å². The molecule has 126 valence electrons. The van der Waals surface area contributed by atoms with Crippen molar-refractivity contribution in [1.82, 2.24) is 14.9 Å². The normalized spacial score (nSPS) is 17.9. The highest BCUT2D eigenvalue weighted by molar-refractivity contribution is 5.97. The molecule has 1 saturated heterocycles. The zero-order valence-corrected chi connectivity index (χ0v) is 14.1. The number of benzene rings is 1. The van der Waals surface area contributed by atoms with Gasteiger partial charge < -0.3 is 10.6 Å². The second kappa shape index (κ2) is 6.55. The van der Waals surface area contributed by atoms with Crippen LogP contribution >= 0.6 is 0 Å². The van der Waals surface area contributed by atoms with Gasteiger partial charge in [-0.3, -0.25) is 9.59 Å². The summed E-state index contributed by atoms with van der Waals surface area (Å²) in [6.45, 7) is 4.49. The molecule has 1 aliphatic rings. The van der Waals surface area contributed by atoms with Crippen LogP contribution in [-0.4, -0.2) is 39.3 Å². The number of hydrogen-bond acceptors (Lipinski definition) is 4. The lowest BCUT2D eigenvalue weighted by Crippen LogP contribution is -2.45. The lowest BCUT2D eigenvalue weighted by atomic mass is 9.98. The van der Waals surface area contributed by atoms with Crippen molar-refractivity contribution in [3.8, 4) is 0 Å². The fourth-order valence-corrected chi connectivity index (χ4v) is 3.24. The van der Waals surface area contributed by atoms with Crippen LogP contribution in [0.5, 0.6) is 0 Å². The predicted octanol–water partition coefficient (Wildman–Crippen LogP) is 2.12. The summed E-state index contributed by atoms with van der Waals surface area (Å²) in [4.78, 5) is 35.0. The molecule has 6 heteroatoms. The van der Waals surface area contributed by atoms with Gasteiger partial charge in [-0.25, -0.2) is 9.97 Å². The monoisotopic (exact) mass is 326 g/mol. The SMILES string of the molecule is Cc1nc2ccc(C(=O)N3CCCC[C@H]3CC(N)=O)cc2nc1C. The molecule has 0 bridgehead atoms. The molecule has 2 aromatic rings. The Labute approximate surface area is 141 Å². The second-order valence-electron chi connectivity index (χ2n) is 6.42. The van der Waals surface area contributed by atoms with Crippen molar-refractivity contribution >= 4 is 22.8 Å². The zero-order chi connectivity index (χ0) is 17.3. The standard InChI is InChI=1S/C18H22N4O2/c1-11-12(2)21-16-9-13(6-7-15(16)20-11)18(24)22-8-4-3-5-14(22)10-17(19)23/h6-7,9,14H,3-5,8,10H2,1-2H3,(H2,19,23)/t14-/m0/s1. The van der Waals surface area contributed by atoms with E-state index in [9.17, 15) is 9.59 Å². The van der Waals surface area contributed by atoms with Gasteiger partial charge in [0.05, 0.1) is 22.4 Å². The summed E-state index contributed by atoms with van der Waals surface area (Å²) in [7, 11) is 0. The molecule has 0 radical (unpaired) electrons. The molecule has 0 saturated carbocycles. The molecule has 0 spiro atoms. The van der Waals surface area contributed by atoms with E-state index in [-0.39, 0.29) is 24.3 Å². The molecule has 24 heavy (non-hydrogen) atoms. The Morgan fingerprint density at radius 2 is 1.88 bits per heavy atom. The summed E-state index contributed by atoms with van der Waals surface area (Å²) in [5, 5.41) is 0. The van der Waals surface area contributed by atoms with Gasteiger partial charge in [-0.2, -0.15) is 0 Å². The van der Waals surface area contributed by atoms with Crippen molar-refractivity contribution in [2.24, 2.45) is 5.73 Å². The highest BCUT2D eigenvalue weighted by Crippen LogP contribution is 2.23. The van der Waals surface area contributed by atoms with Crippen molar-refractivity contribution in [3.05, 3.63) is 35.2 Å². The number of carbonyl (C=O) groups excluding carboxylic acids is 2. The molecular weight excluding hydrogens is 304 g/mol. The molecule has 2 amide bonds. The third-order valence-electron chi connectivity index (χ3n) is 4.65. The Balaban J connectivity index is 1.91. The molecule has 1 aromatic carbocycles. The molecule has 1 aliphatic heterocycles. The number of likely N-dealkylation sites (tertiary alicyclic amines) is 1. The minimum absolute atomic E-state index is 0.0668. The molecule has 2 N–H and O–H groups in total. The molecular formula is C18H22N4O2. The number of rotatable bonds is 3. The maximum Gasteiger partial charge on any atom is 0.254 e. The first kappa shape index (κ1) is 16.4.